The lowest BCUT2D eigenvalue weighted by Gasteiger charge is -2.14. The number of hydrogen-bond acceptors (Lipinski definition) is 1. The average Bonchev–Trinajstić information content (AvgIpc) is 2.25. The molecule has 0 atom stereocenters. The lowest BCUT2D eigenvalue weighted by Crippen LogP contribution is -1.98. The van der Waals surface area contributed by atoms with Crippen LogP contribution < -0.4 is 4.74 Å². The molecule has 80 valence electrons. The maximum absolute atomic E-state index is 5.68. The molecule has 0 saturated carbocycles. The van der Waals surface area contributed by atoms with Crippen LogP contribution in [0.2, 0.25) is 0 Å². The van der Waals surface area contributed by atoms with Crippen molar-refractivity contribution >= 4 is 0 Å². The van der Waals surface area contributed by atoms with Crippen molar-refractivity contribution in [2.75, 3.05) is 0 Å². The minimum Gasteiger partial charge on any atom is -0.457 e. The molecule has 0 spiro atoms. The molecule has 0 unspecified atom stereocenters. The molecule has 0 saturated heterocycles. The molecule has 0 fully saturated rings. The molecule has 1 rings (SSSR count). The molecule has 0 aliphatic rings. The summed E-state index contributed by atoms with van der Waals surface area (Å²) < 4.78 is 5.68. The molecular weight excluding hydrogens is 184 g/mol. The molecule has 0 amide bonds. The maximum atomic E-state index is 5.68. The van der Waals surface area contributed by atoms with Crippen LogP contribution >= 0.6 is 0 Å². The molecule has 1 aromatic rings. The zero-order chi connectivity index (χ0) is 11.4. The van der Waals surface area contributed by atoms with E-state index in [2.05, 4.69) is 46.1 Å². The smallest absolute Gasteiger partial charge is 0.133 e. The number of benzene rings is 1. The van der Waals surface area contributed by atoms with Gasteiger partial charge in [-0.15, -0.1) is 0 Å². The van der Waals surface area contributed by atoms with Crippen LogP contribution in [0, 0.1) is 13.8 Å². The van der Waals surface area contributed by atoms with Gasteiger partial charge < -0.3 is 4.74 Å². The number of hydrogen-bond donors (Lipinski definition) is 0. The van der Waals surface area contributed by atoms with Crippen molar-refractivity contribution in [3.05, 3.63) is 53.8 Å². The Labute approximate surface area is 92.1 Å². The summed E-state index contributed by atoms with van der Waals surface area (Å²) in [6.45, 7) is 13.7. The number of aryl methyl sites for hydroxylation is 2. The summed E-state index contributed by atoms with van der Waals surface area (Å²) in [4.78, 5) is 0. The molecule has 1 nitrogen and oxygen atoms in total. The van der Waals surface area contributed by atoms with E-state index < -0.39 is 0 Å². The van der Waals surface area contributed by atoms with E-state index in [4.69, 9.17) is 4.74 Å². The highest BCUT2D eigenvalue weighted by Gasteiger charge is 2.08. The van der Waals surface area contributed by atoms with Gasteiger partial charge >= 0.3 is 0 Å². The Kier molecular flexibility index (Phi) is 3.73. The minimum absolute atomic E-state index is 0.596. The van der Waals surface area contributed by atoms with Gasteiger partial charge in [0.15, 0.2) is 0 Å². The first kappa shape index (κ1) is 11.6. The third-order valence-electron chi connectivity index (χ3n) is 2.60. The predicted molar refractivity (Wildman–Crippen MR) is 65.3 cm³/mol. The van der Waals surface area contributed by atoms with E-state index in [9.17, 15) is 0 Å². The zero-order valence-electron chi connectivity index (χ0n) is 9.76. The van der Waals surface area contributed by atoms with Gasteiger partial charge in [-0.2, -0.15) is 0 Å². The fourth-order valence-corrected chi connectivity index (χ4v) is 1.44. The third-order valence-corrected chi connectivity index (χ3v) is 2.60. The highest BCUT2D eigenvalue weighted by molar-refractivity contribution is 5.46. The van der Waals surface area contributed by atoms with E-state index in [-0.39, 0.29) is 0 Å². The van der Waals surface area contributed by atoms with Crippen LogP contribution in [0.25, 0.3) is 0 Å². The molecule has 0 aliphatic carbocycles. The van der Waals surface area contributed by atoms with Crippen molar-refractivity contribution in [2.24, 2.45) is 0 Å². The van der Waals surface area contributed by atoms with E-state index in [1.165, 1.54) is 16.7 Å². The Hall–Kier alpha value is -1.50. The lowest BCUT2D eigenvalue weighted by atomic mass is 10.0. The largest absolute Gasteiger partial charge is 0.457 e. The van der Waals surface area contributed by atoms with Gasteiger partial charge in [-0.05, 0) is 43.0 Å². The van der Waals surface area contributed by atoms with Gasteiger partial charge in [0.2, 0.25) is 0 Å². The van der Waals surface area contributed by atoms with Crippen molar-refractivity contribution in [1.82, 2.24) is 0 Å². The van der Waals surface area contributed by atoms with Crippen molar-refractivity contribution in [3.63, 3.8) is 0 Å². The van der Waals surface area contributed by atoms with Crippen LogP contribution in [-0.4, -0.2) is 0 Å². The minimum atomic E-state index is 0.596. The predicted octanol–water partition coefficient (Wildman–Crippen LogP) is 3.94. The van der Waals surface area contributed by atoms with Gasteiger partial charge in [-0.1, -0.05) is 32.2 Å². The second-order valence-electron chi connectivity index (χ2n) is 3.62. The quantitative estimate of drug-likeness (QED) is 0.530. The Morgan fingerprint density at radius 3 is 2.60 bits per heavy atom. The second-order valence-corrected chi connectivity index (χ2v) is 3.62. The Bertz CT molecular complexity index is 389. The molecule has 1 aromatic carbocycles. The molecule has 0 aromatic heterocycles. The zero-order valence-corrected chi connectivity index (χ0v) is 9.76. The highest BCUT2D eigenvalue weighted by atomic mass is 16.5. The summed E-state index contributed by atoms with van der Waals surface area (Å²) in [5.41, 5.74) is 3.62. The molecule has 0 heterocycles. The molecule has 0 bridgehead atoms. The van der Waals surface area contributed by atoms with Gasteiger partial charge in [0.05, 0.1) is 0 Å². The van der Waals surface area contributed by atoms with Crippen molar-refractivity contribution in [2.45, 2.75) is 27.2 Å². The van der Waals surface area contributed by atoms with E-state index >= 15 is 0 Å². The van der Waals surface area contributed by atoms with Crippen LogP contribution in [0.4, 0.5) is 0 Å². The first-order valence-electron chi connectivity index (χ1n) is 5.18. The topological polar surface area (TPSA) is 9.23 Å². The monoisotopic (exact) mass is 202 g/mol. The Morgan fingerprint density at radius 2 is 2.07 bits per heavy atom. The molecule has 0 radical (unpaired) electrons. The fraction of sp³-hybridized carbons (Fsp3) is 0.286. The maximum Gasteiger partial charge on any atom is 0.133 e. The van der Waals surface area contributed by atoms with E-state index in [0.29, 0.717) is 5.76 Å². The van der Waals surface area contributed by atoms with Gasteiger partial charge in [-0.3, -0.25) is 0 Å². The van der Waals surface area contributed by atoms with Gasteiger partial charge in [0.25, 0.3) is 0 Å². The van der Waals surface area contributed by atoms with Crippen LogP contribution in [0.15, 0.2) is 37.1 Å². The lowest BCUT2D eigenvalue weighted by molar-refractivity contribution is 0.438. The normalized spacial score (nSPS) is 9.80. The van der Waals surface area contributed by atoms with Crippen LogP contribution in [0.1, 0.15) is 23.6 Å². The number of allylic oxidation sites excluding steroid dienone is 1. The van der Waals surface area contributed by atoms with Crippen LogP contribution in [0.3, 0.4) is 0 Å². The summed E-state index contributed by atoms with van der Waals surface area (Å²) in [6.07, 6.45) is 2.59. The second kappa shape index (κ2) is 4.83. The van der Waals surface area contributed by atoms with E-state index in [1.54, 1.807) is 6.08 Å². The Balaban J connectivity index is 3.17. The highest BCUT2D eigenvalue weighted by Crippen LogP contribution is 2.28. The van der Waals surface area contributed by atoms with Crippen molar-refractivity contribution in [3.8, 4) is 5.75 Å². The van der Waals surface area contributed by atoms with E-state index in [0.717, 1.165) is 12.2 Å². The molecule has 0 aliphatic heterocycles. The summed E-state index contributed by atoms with van der Waals surface area (Å²) in [6, 6.07) is 4.23. The average molecular weight is 202 g/mol. The molecule has 0 N–H and O–H groups in total. The SMILES string of the molecule is C=CC(=C)Oc1c(CC)ccc(C)c1C. The fourth-order valence-electron chi connectivity index (χ4n) is 1.44. The first-order chi connectivity index (χ1) is 7.10. The van der Waals surface area contributed by atoms with Gasteiger partial charge in [0, 0.05) is 0 Å². The molecular formula is C14H18O. The van der Waals surface area contributed by atoms with E-state index in [1.807, 2.05) is 0 Å². The van der Waals surface area contributed by atoms with Crippen LogP contribution in [-0.2, 0) is 6.42 Å². The molecule has 1 heteroatoms. The summed E-state index contributed by atoms with van der Waals surface area (Å²) in [5, 5.41) is 0. The third kappa shape index (κ3) is 2.50. The van der Waals surface area contributed by atoms with Gasteiger partial charge in [0.1, 0.15) is 11.5 Å². The Morgan fingerprint density at radius 1 is 1.40 bits per heavy atom. The van der Waals surface area contributed by atoms with Gasteiger partial charge in [-0.25, -0.2) is 0 Å². The number of rotatable bonds is 4. The molecule has 15 heavy (non-hydrogen) atoms. The first-order valence-corrected chi connectivity index (χ1v) is 5.18. The van der Waals surface area contributed by atoms with Crippen LogP contribution in [0.5, 0.6) is 5.75 Å². The van der Waals surface area contributed by atoms with Crippen molar-refractivity contribution in [1.29, 1.82) is 0 Å². The number of ether oxygens (including phenoxy) is 1. The van der Waals surface area contributed by atoms with Crippen molar-refractivity contribution < 1.29 is 4.74 Å². The standard InChI is InChI=1S/C14H18O/c1-6-11(4)15-14-12(5)10(3)8-9-13(14)7-2/h6,8-9H,1,4,7H2,2-3,5H3. The summed E-state index contributed by atoms with van der Waals surface area (Å²) in [7, 11) is 0. The summed E-state index contributed by atoms with van der Waals surface area (Å²) in [5.74, 6) is 1.53. The summed E-state index contributed by atoms with van der Waals surface area (Å²) >= 11 is 0.